The molecular formula is C63H97ClF3N11O11. The number of halogens is 4. The molecule has 5 rings (SSSR count). The van der Waals surface area contributed by atoms with Gasteiger partial charge in [0.15, 0.2) is 0 Å². The first-order valence-corrected chi connectivity index (χ1v) is 32.1. The van der Waals surface area contributed by atoms with Crippen LogP contribution in [0.4, 0.5) is 13.2 Å². The molecule has 1 aromatic carbocycles. The maximum atomic E-state index is 15.0. The predicted molar refractivity (Wildman–Crippen MR) is 328 cm³/mol. The molecule has 11 amide bonds. The monoisotopic (exact) mass is 1280 g/mol. The Bertz CT molecular complexity index is 2730. The minimum Gasteiger partial charge on any atom is -0.354 e. The normalized spacial score (nSPS) is 28.5. The number of carbonyl (C=O) groups is 11. The van der Waals surface area contributed by atoms with Crippen LogP contribution in [0.3, 0.4) is 0 Å². The third-order valence-electron chi connectivity index (χ3n) is 18.9. The summed E-state index contributed by atoms with van der Waals surface area (Å²) < 4.78 is 41.1. The van der Waals surface area contributed by atoms with Crippen LogP contribution in [0.1, 0.15) is 163 Å². The molecule has 0 unspecified atom stereocenters. The van der Waals surface area contributed by atoms with Crippen molar-refractivity contribution in [2.75, 3.05) is 54.9 Å². The van der Waals surface area contributed by atoms with Crippen LogP contribution in [0.2, 0.25) is 5.02 Å². The molecule has 0 aromatic heterocycles. The average Bonchev–Trinajstić information content (AvgIpc) is 1.71. The van der Waals surface area contributed by atoms with Gasteiger partial charge >= 0.3 is 6.18 Å². The van der Waals surface area contributed by atoms with E-state index < -0.39 is 142 Å². The number of aryl methyl sites for hydroxylation is 1. The number of hydrogen-bond acceptors (Lipinski definition) is 11. The van der Waals surface area contributed by atoms with Crippen molar-refractivity contribution in [3.63, 3.8) is 0 Å². The molecule has 0 bridgehead atoms. The van der Waals surface area contributed by atoms with Crippen LogP contribution in [0.5, 0.6) is 0 Å². The van der Waals surface area contributed by atoms with Crippen molar-refractivity contribution in [2.45, 2.75) is 225 Å². The molecule has 1 aromatic rings. The lowest BCUT2D eigenvalue weighted by atomic mass is 9.84. The van der Waals surface area contributed by atoms with E-state index in [1.807, 2.05) is 6.92 Å². The number of carbonyl (C=O) groups excluding carboxylic acids is 11. The van der Waals surface area contributed by atoms with E-state index in [2.05, 4.69) is 21.3 Å². The maximum absolute atomic E-state index is 15.0. The van der Waals surface area contributed by atoms with E-state index in [0.717, 1.165) is 44.2 Å². The highest BCUT2D eigenvalue weighted by Crippen LogP contribution is 2.36. The lowest BCUT2D eigenvalue weighted by Crippen LogP contribution is -2.65. The first kappa shape index (κ1) is 73.2. The van der Waals surface area contributed by atoms with Crippen molar-refractivity contribution in [1.82, 2.24) is 55.6 Å². The molecule has 26 heteroatoms. The van der Waals surface area contributed by atoms with Gasteiger partial charge in [-0.2, -0.15) is 13.2 Å². The van der Waals surface area contributed by atoms with E-state index >= 15 is 0 Å². The molecule has 498 valence electrons. The van der Waals surface area contributed by atoms with Crippen LogP contribution in [-0.2, 0) is 65.3 Å². The van der Waals surface area contributed by atoms with Gasteiger partial charge in [0.05, 0.1) is 10.6 Å². The number of amides is 11. The molecule has 3 heterocycles. The van der Waals surface area contributed by atoms with Crippen molar-refractivity contribution in [1.29, 1.82) is 0 Å². The average molecular weight is 1280 g/mol. The molecule has 0 radical (unpaired) electrons. The van der Waals surface area contributed by atoms with E-state index in [1.54, 1.807) is 27.7 Å². The molecule has 0 spiro atoms. The summed E-state index contributed by atoms with van der Waals surface area (Å²) in [6, 6.07) is -7.46. The molecule has 4 fully saturated rings. The first-order chi connectivity index (χ1) is 41.7. The summed E-state index contributed by atoms with van der Waals surface area (Å²) >= 11 is 6.09. The molecule has 11 atom stereocenters. The van der Waals surface area contributed by atoms with Gasteiger partial charge in [0.1, 0.15) is 54.4 Å². The van der Waals surface area contributed by atoms with Gasteiger partial charge in [-0.3, -0.25) is 52.7 Å². The third-order valence-corrected chi connectivity index (χ3v) is 19.2. The van der Waals surface area contributed by atoms with Crippen molar-refractivity contribution in [2.24, 2.45) is 17.8 Å². The third kappa shape index (κ3) is 18.6. The minimum absolute atomic E-state index is 0.0203. The highest BCUT2D eigenvalue weighted by molar-refractivity contribution is 6.31. The van der Waals surface area contributed by atoms with Crippen LogP contribution >= 0.6 is 11.6 Å². The standard InChI is InChI=1S/C63H97ClF3N11O11/c1-14-37(4)52-62(89)74(11)41(8)58(85)78-32-29-48(78)60(87)75(12)49(35-42-21-16-15-17-22-42)61(88)73(10)40(7)54(81)70-46(28-26-43-25-27-44(45(64)34-43)63(65,66)67)59(86)77-31-20-23-47(77)56(83)68-30-19-18-24-50(79)76(13)53(36(2)3)57(84)69-38(5)33-51(80)72(9)39(6)55(82)71-52/h25,27,34,36-42,46-49,52-53H,14-24,26,28-33,35H2,1-13H3,(H,68,83)(H,69,84)(H,70,81)(H,71,82)/t37-,38+,39-,40+,41-,46-,47-,48-,49-,52-,53-/m0/s1. The molecule has 1 aliphatic carbocycles. The Kier molecular flexibility index (Phi) is 26.7. The van der Waals surface area contributed by atoms with E-state index in [1.165, 1.54) is 96.4 Å². The van der Waals surface area contributed by atoms with E-state index in [4.69, 9.17) is 11.6 Å². The summed E-state index contributed by atoms with van der Waals surface area (Å²) in [4.78, 5) is 166. The molecule has 4 N–H and O–H groups in total. The van der Waals surface area contributed by atoms with E-state index in [-0.39, 0.29) is 82.3 Å². The van der Waals surface area contributed by atoms with Crippen LogP contribution in [0, 0.1) is 17.8 Å². The quantitative estimate of drug-likeness (QED) is 0.272. The summed E-state index contributed by atoms with van der Waals surface area (Å²) in [6.07, 6.45) is 1.66. The number of nitrogens with zero attached hydrogens (tertiary/aromatic N) is 7. The Balaban J connectivity index is 1.47. The highest BCUT2D eigenvalue weighted by Gasteiger charge is 2.47. The van der Waals surface area contributed by atoms with Gasteiger partial charge in [-0.15, -0.1) is 0 Å². The summed E-state index contributed by atoms with van der Waals surface area (Å²) in [5.74, 6) is -6.83. The van der Waals surface area contributed by atoms with Gasteiger partial charge in [0.25, 0.3) is 0 Å². The maximum Gasteiger partial charge on any atom is 0.417 e. The molecule has 3 saturated heterocycles. The zero-order chi connectivity index (χ0) is 66.5. The lowest BCUT2D eigenvalue weighted by molar-refractivity contribution is -0.160. The van der Waals surface area contributed by atoms with Crippen LogP contribution < -0.4 is 21.3 Å². The fourth-order valence-electron chi connectivity index (χ4n) is 12.3. The largest absolute Gasteiger partial charge is 0.417 e. The molecule has 3 aliphatic heterocycles. The Morgan fingerprint density at radius 2 is 1.21 bits per heavy atom. The topological polar surface area (TPSA) is 259 Å². The fraction of sp³-hybridized carbons (Fsp3) is 0.730. The number of rotatable bonds is 8. The highest BCUT2D eigenvalue weighted by atomic mass is 35.5. The smallest absolute Gasteiger partial charge is 0.354 e. The van der Waals surface area contributed by atoms with E-state index in [0.29, 0.717) is 31.2 Å². The Labute approximate surface area is 527 Å². The Hall–Kier alpha value is -6.53. The molecule has 22 nitrogen and oxygen atoms in total. The lowest BCUT2D eigenvalue weighted by Gasteiger charge is -2.45. The van der Waals surface area contributed by atoms with Gasteiger partial charge in [-0.25, -0.2) is 0 Å². The number of hydrogen-bond donors (Lipinski definition) is 4. The zero-order valence-electron chi connectivity index (χ0n) is 54.3. The number of alkyl halides is 3. The van der Waals surface area contributed by atoms with Crippen LogP contribution in [0.15, 0.2) is 18.2 Å². The molecule has 1 saturated carbocycles. The summed E-state index contributed by atoms with van der Waals surface area (Å²) in [5, 5.41) is 10.8. The molecule has 4 aliphatic rings. The SMILES string of the molecule is CC[C@H](C)[C@@H]1NC(=O)[C@H](C)N(C)C(=O)C[C@@H](C)NC(=O)[C@H](C(C)C)N(C)C(=O)CCCCNC(=O)[C@@H]2CCCN2C(=O)[C@H](CCc2ccc(C(F)(F)F)c(Cl)c2)NC(=O)[C@@H](C)N(C)C(=O)[C@H](CC2CCCCC2)N(C)C(=O)[C@@H]2CCN2C(=O)[C@H](C)N(C)C1=O. The summed E-state index contributed by atoms with van der Waals surface area (Å²) in [7, 11) is 7.28. The van der Waals surface area contributed by atoms with Gasteiger partial charge in [-0.05, 0) is 115 Å². The van der Waals surface area contributed by atoms with E-state index in [9.17, 15) is 65.9 Å². The van der Waals surface area contributed by atoms with Crippen molar-refractivity contribution >= 4 is 76.6 Å². The second-order valence-corrected chi connectivity index (χ2v) is 25.9. The zero-order valence-corrected chi connectivity index (χ0v) is 55.1. The molecule has 89 heavy (non-hydrogen) atoms. The molecular weight excluding hydrogens is 1180 g/mol. The summed E-state index contributed by atoms with van der Waals surface area (Å²) in [6.45, 7) is 13.7. The second-order valence-electron chi connectivity index (χ2n) is 25.5. The second kappa shape index (κ2) is 32.5. The number of likely N-dealkylation sites (N-methyl/N-ethyl adjacent to an activating group) is 5. The summed E-state index contributed by atoms with van der Waals surface area (Å²) in [5.41, 5.74) is -0.715. The van der Waals surface area contributed by atoms with Crippen LogP contribution in [0.25, 0.3) is 0 Å². The van der Waals surface area contributed by atoms with Crippen molar-refractivity contribution in [3.05, 3.63) is 34.3 Å². The number of nitrogens with one attached hydrogen (secondary N) is 4. The van der Waals surface area contributed by atoms with Crippen molar-refractivity contribution < 1.29 is 65.9 Å². The van der Waals surface area contributed by atoms with Gasteiger partial charge in [0, 0.05) is 73.8 Å². The van der Waals surface area contributed by atoms with Gasteiger partial charge in [0.2, 0.25) is 65.0 Å². The number of benzene rings is 1. The minimum atomic E-state index is -4.73. The Morgan fingerprint density at radius 3 is 1.81 bits per heavy atom. The van der Waals surface area contributed by atoms with Gasteiger partial charge in [-0.1, -0.05) is 83.9 Å². The van der Waals surface area contributed by atoms with Crippen molar-refractivity contribution in [3.8, 4) is 0 Å². The fourth-order valence-corrected chi connectivity index (χ4v) is 12.6. The predicted octanol–water partition coefficient (Wildman–Crippen LogP) is 4.92. The first-order valence-electron chi connectivity index (χ1n) is 31.7. The van der Waals surface area contributed by atoms with Crippen LogP contribution in [-0.4, -0.2) is 215 Å². The Morgan fingerprint density at radius 1 is 0.596 bits per heavy atom. The van der Waals surface area contributed by atoms with Gasteiger partial charge < -0.3 is 55.6 Å². The number of fused-ring (bicyclic) bond motifs is 2.